The van der Waals surface area contributed by atoms with Crippen molar-refractivity contribution in [3.05, 3.63) is 15.6 Å². The largest absolute Gasteiger partial charge is 0.477 e. The number of piperidine rings is 1. The van der Waals surface area contributed by atoms with Crippen molar-refractivity contribution in [1.82, 2.24) is 9.29 Å². The molecule has 0 radical (unpaired) electrons. The van der Waals surface area contributed by atoms with Crippen LogP contribution < -0.4 is 0 Å². The van der Waals surface area contributed by atoms with Gasteiger partial charge in [-0.15, -0.1) is 11.3 Å². The molecule has 124 valence electrons. The molecule has 2 rings (SSSR count). The molecule has 1 aromatic heterocycles. The number of carboxylic acid groups (broad SMARTS) is 1. The standard InChI is InChI=1S/C14H22N2O4S2/c1-3-4-9-22(19,20)16-7-5-11(6-8-16)13-15-10(2)12(21-13)14(17)18/h11H,3-9H2,1-2H3,(H,17,18). The van der Waals surface area contributed by atoms with Gasteiger partial charge in [0.1, 0.15) is 4.88 Å². The van der Waals surface area contributed by atoms with Crippen molar-refractivity contribution >= 4 is 27.3 Å². The summed E-state index contributed by atoms with van der Waals surface area (Å²) in [7, 11) is -3.15. The van der Waals surface area contributed by atoms with E-state index < -0.39 is 16.0 Å². The number of aromatic nitrogens is 1. The van der Waals surface area contributed by atoms with Crippen molar-refractivity contribution in [3.63, 3.8) is 0 Å². The minimum atomic E-state index is -3.15. The Morgan fingerprint density at radius 1 is 1.41 bits per heavy atom. The third-order valence-electron chi connectivity index (χ3n) is 3.96. The van der Waals surface area contributed by atoms with Crippen LogP contribution in [-0.4, -0.2) is 47.6 Å². The molecule has 0 unspecified atom stereocenters. The zero-order valence-electron chi connectivity index (χ0n) is 12.9. The van der Waals surface area contributed by atoms with Crippen molar-refractivity contribution in [1.29, 1.82) is 0 Å². The summed E-state index contributed by atoms with van der Waals surface area (Å²) in [5.41, 5.74) is 0.547. The first-order valence-corrected chi connectivity index (χ1v) is 9.96. The molecular formula is C14H22N2O4S2. The van der Waals surface area contributed by atoms with E-state index in [4.69, 9.17) is 5.11 Å². The Labute approximate surface area is 135 Å². The monoisotopic (exact) mass is 346 g/mol. The van der Waals surface area contributed by atoms with Gasteiger partial charge in [-0.25, -0.2) is 22.5 Å². The molecule has 1 aliphatic rings. The van der Waals surface area contributed by atoms with Crippen LogP contribution in [0.3, 0.4) is 0 Å². The predicted octanol–water partition coefficient (Wildman–Crippen LogP) is 2.46. The van der Waals surface area contributed by atoms with Gasteiger partial charge in [0.2, 0.25) is 10.0 Å². The lowest BCUT2D eigenvalue weighted by molar-refractivity contribution is 0.0701. The molecule has 2 heterocycles. The highest BCUT2D eigenvalue weighted by atomic mass is 32.2. The quantitative estimate of drug-likeness (QED) is 0.855. The molecule has 0 aromatic carbocycles. The fourth-order valence-corrected chi connectivity index (χ4v) is 5.38. The maximum atomic E-state index is 12.2. The molecule has 1 aliphatic heterocycles. The number of carbonyl (C=O) groups is 1. The lowest BCUT2D eigenvalue weighted by Crippen LogP contribution is -2.39. The van der Waals surface area contributed by atoms with Crippen molar-refractivity contribution in [2.24, 2.45) is 0 Å². The van der Waals surface area contributed by atoms with Crippen molar-refractivity contribution in [2.75, 3.05) is 18.8 Å². The summed E-state index contributed by atoms with van der Waals surface area (Å²) in [5, 5.41) is 9.91. The first kappa shape index (κ1) is 17.4. The average molecular weight is 346 g/mol. The Hall–Kier alpha value is -0.990. The number of carboxylic acids is 1. The van der Waals surface area contributed by atoms with Crippen LogP contribution in [0.2, 0.25) is 0 Å². The normalized spacial score (nSPS) is 17.7. The van der Waals surface area contributed by atoms with Crippen LogP contribution in [0.1, 0.15) is 58.9 Å². The summed E-state index contributed by atoms with van der Waals surface area (Å²) in [6.45, 7) is 4.68. The molecule has 6 nitrogen and oxygen atoms in total. The molecule has 0 bridgehead atoms. The summed E-state index contributed by atoms with van der Waals surface area (Å²) >= 11 is 1.22. The van der Waals surface area contributed by atoms with Gasteiger partial charge < -0.3 is 5.11 Å². The van der Waals surface area contributed by atoms with E-state index in [0.29, 0.717) is 38.0 Å². The second-order valence-corrected chi connectivity index (χ2v) is 8.73. The predicted molar refractivity (Wildman–Crippen MR) is 86.1 cm³/mol. The molecule has 0 spiro atoms. The number of rotatable bonds is 6. The van der Waals surface area contributed by atoms with E-state index in [1.54, 1.807) is 11.2 Å². The Morgan fingerprint density at radius 2 is 2.05 bits per heavy atom. The number of aryl methyl sites for hydroxylation is 1. The number of hydrogen-bond acceptors (Lipinski definition) is 5. The second-order valence-electron chi connectivity index (χ2n) is 5.61. The van der Waals surface area contributed by atoms with Crippen molar-refractivity contribution < 1.29 is 18.3 Å². The van der Waals surface area contributed by atoms with Crippen molar-refractivity contribution in [2.45, 2.75) is 45.4 Å². The Morgan fingerprint density at radius 3 is 2.55 bits per heavy atom. The maximum Gasteiger partial charge on any atom is 0.347 e. The highest BCUT2D eigenvalue weighted by Crippen LogP contribution is 2.33. The van der Waals surface area contributed by atoms with E-state index in [0.717, 1.165) is 11.4 Å². The lowest BCUT2D eigenvalue weighted by atomic mass is 9.99. The second kappa shape index (κ2) is 7.06. The van der Waals surface area contributed by atoms with E-state index in [1.807, 2.05) is 6.92 Å². The van der Waals surface area contributed by atoms with Gasteiger partial charge in [0, 0.05) is 19.0 Å². The molecule has 0 saturated carbocycles. The molecule has 22 heavy (non-hydrogen) atoms. The van der Waals surface area contributed by atoms with Crippen LogP contribution in [0.15, 0.2) is 0 Å². The third kappa shape index (κ3) is 3.85. The smallest absolute Gasteiger partial charge is 0.347 e. The number of nitrogens with zero attached hydrogens (tertiary/aromatic N) is 2. The molecule has 8 heteroatoms. The Bertz CT molecular complexity index is 631. The van der Waals surface area contributed by atoms with Gasteiger partial charge in [-0.2, -0.15) is 0 Å². The van der Waals surface area contributed by atoms with Gasteiger partial charge in [0.05, 0.1) is 16.5 Å². The number of unbranched alkanes of at least 4 members (excludes halogenated alkanes) is 1. The molecular weight excluding hydrogens is 324 g/mol. The van der Waals surface area contributed by atoms with Gasteiger partial charge in [0.15, 0.2) is 0 Å². The maximum absolute atomic E-state index is 12.2. The molecule has 1 N–H and O–H groups in total. The van der Waals surface area contributed by atoms with E-state index >= 15 is 0 Å². The lowest BCUT2D eigenvalue weighted by Gasteiger charge is -2.30. The molecule has 1 saturated heterocycles. The average Bonchev–Trinajstić information content (AvgIpc) is 2.87. The van der Waals surface area contributed by atoms with Gasteiger partial charge >= 0.3 is 5.97 Å². The summed E-state index contributed by atoms with van der Waals surface area (Å²) in [6.07, 6.45) is 2.97. The van der Waals surface area contributed by atoms with Crippen LogP contribution in [0.25, 0.3) is 0 Å². The minimum absolute atomic E-state index is 0.162. The molecule has 1 fully saturated rings. The van der Waals surface area contributed by atoms with E-state index in [2.05, 4.69) is 4.98 Å². The molecule has 0 amide bonds. The van der Waals surface area contributed by atoms with Crippen molar-refractivity contribution in [3.8, 4) is 0 Å². The number of sulfonamides is 1. The molecule has 0 atom stereocenters. The van der Waals surface area contributed by atoms with Crippen LogP contribution in [0, 0.1) is 6.92 Å². The first-order chi connectivity index (χ1) is 10.3. The highest BCUT2D eigenvalue weighted by molar-refractivity contribution is 7.89. The van der Waals surface area contributed by atoms with E-state index in [-0.39, 0.29) is 16.5 Å². The Kier molecular flexibility index (Phi) is 5.57. The van der Waals surface area contributed by atoms with Crippen LogP contribution in [0.4, 0.5) is 0 Å². The summed E-state index contributed by atoms with van der Waals surface area (Å²) < 4.78 is 25.9. The fourth-order valence-electron chi connectivity index (χ4n) is 2.63. The fraction of sp³-hybridized carbons (Fsp3) is 0.714. The zero-order valence-corrected chi connectivity index (χ0v) is 14.5. The van der Waals surface area contributed by atoms with E-state index in [1.165, 1.54) is 11.3 Å². The van der Waals surface area contributed by atoms with Crippen LogP contribution in [0.5, 0.6) is 0 Å². The number of thiazole rings is 1. The minimum Gasteiger partial charge on any atom is -0.477 e. The van der Waals surface area contributed by atoms with Crippen LogP contribution in [-0.2, 0) is 10.0 Å². The molecule has 0 aliphatic carbocycles. The Balaban J connectivity index is 2.00. The SMILES string of the molecule is CCCCS(=O)(=O)N1CCC(c2nc(C)c(C(=O)O)s2)CC1. The van der Waals surface area contributed by atoms with Gasteiger partial charge in [0.25, 0.3) is 0 Å². The van der Waals surface area contributed by atoms with Crippen LogP contribution >= 0.6 is 11.3 Å². The van der Waals surface area contributed by atoms with Gasteiger partial charge in [-0.1, -0.05) is 13.3 Å². The zero-order chi connectivity index (χ0) is 16.3. The number of hydrogen-bond donors (Lipinski definition) is 1. The highest BCUT2D eigenvalue weighted by Gasteiger charge is 2.30. The third-order valence-corrected chi connectivity index (χ3v) is 7.22. The topological polar surface area (TPSA) is 87.6 Å². The van der Waals surface area contributed by atoms with Gasteiger partial charge in [-0.05, 0) is 26.2 Å². The molecule has 1 aromatic rings. The number of aromatic carboxylic acids is 1. The van der Waals surface area contributed by atoms with Gasteiger partial charge in [-0.3, -0.25) is 0 Å². The summed E-state index contributed by atoms with van der Waals surface area (Å²) in [4.78, 5) is 15.7. The first-order valence-electron chi connectivity index (χ1n) is 7.53. The summed E-state index contributed by atoms with van der Waals surface area (Å²) in [6, 6.07) is 0. The van der Waals surface area contributed by atoms with E-state index in [9.17, 15) is 13.2 Å². The summed E-state index contributed by atoms with van der Waals surface area (Å²) in [5.74, 6) is -0.566.